The first-order chi connectivity index (χ1) is 10.9. The van der Waals surface area contributed by atoms with Gasteiger partial charge in [-0.2, -0.15) is 0 Å². The molecular formula is C16H15IN2O4. The van der Waals surface area contributed by atoms with Crippen LogP contribution in [0.4, 0.5) is 11.4 Å². The molecular weight excluding hydrogens is 411 g/mol. The zero-order valence-electron chi connectivity index (χ0n) is 12.6. The van der Waals surface area contributed by atoms with Gasteiger partial charge in [-0.15, -0.1) is 0 Å². The van der Waals surface area contributed by atoms with Crippen LogP contribution in [-0.2, 0) is 4.79 Å². The van der Waals surface area contributed by atoms with Crippen LogP contribution in [0.25, 0.3) is 0 Å². The Morgan fingerprint density at radius 3 is 2.65 bits per heavy atom. The number of nitrogens with one attached hydrogen (secondary N) is 1. The van der Waals surface area contributed by atoms with Gasteiger partial charge in [0.05, 0.1) is 4.92 Å². The molecule has 0 heterocycles. The van der Waals surface area contributed by atoms with Gasteiger partial charge in [0.15, 0.2) is 12.4 Å². The summed E-state index contributed by atoms with van der Waals surface area (Å²) in [7, 11) is 0. The highest BCUT2D eigenvalue weighted by molar-refractivity contribution is 14.1. The number of nitro benzene ring substituents is 1. The number of rotatable bonds is 5. The molecule has 0 radical (unpaired) electrons. The van der Waals surface area contributed by atoms with E-state index in [-0.39, 0.29) is 24.0 Å². The third kappa shape index (κ3) is 4.41. The Hall–Kier alpha value is -2.16. The SMILES string of the molecule is Cc1cc(NC(=O)COc2ccccc2[N+](=O)[O-])c(C)cc1I. The maximum Gasteiger partial charge on any atom is 0.310 e. The van der Waals surface area contributed by atoms with Crippen molar-refractivity contribution in [1.29, 1.82) is 0 Å². The summed E-state index contributed by atoms with van der Waals surface area (Å²) in [6.07, 6.45) is 0. The van der Waals surface area contributed by atoms with E-state index in [9.17, 15) is 14.9 Å². The van der Waals surface area contributed by atoms with Crippen LogP contribution in [0.15, 0.2) is 36.4 Å². The fourth-order valence-electron chi connectivity index (χ4n) is 1.98. The Bertz CT molecular complexity index is 762. The molecule has 0 spiro atoms. The van der Waals surface area contributed by atoms with Crippen molar-refractivity contribution in [3.05, 3.63) is 61.2 Å². The number of anilines is 1. The number of nitro groups is 1. The van der Waals surface area contributed by atoms with Crippen LogP contribution in [0.1, 0.15) is 11.1 Å². The molecule has 0 aliphatic heterocycles. The smallest absolute Gasteiger partial charge is 0.310 e. The van der Waals surface area contributed by atoms with Crippen molar-refractivity contribution < 1.29 is 14.5 Å². The van der Waals surface area contributed by atoms with E-state index in [1.54, 1.807) is 12.1 Å². The molecule has 0 bridgehead atoms. The number of carbonyl (C=O) groups excluding carboxylic acids is 1. The average Bonchev–Trinajstić information content (AvgIpc) is 2.50. The summed E-state index contributed by atoms with van der Waals surface area (Å²) in [5.74, 6) is -0.296. The molecule has 0 atom stereocenters. The van der Waals surface area contributed by atoms with Crippen LogP contribution in [0, 0.1) is 27.5 Å². The van der Waals surface area contributed by atoms with Crippen LogP contribution in [0.3, 0.4) is 0 Å². The van der Waals surface area contributed by atoms with E-state index in [4.69, 9.17) is 4.74 Å². The van der Waals surface area contributed by atoms with Crippen LogP contribution in [-0.4, -0.2) is 17.4 Å². The molecule has 0 unspecified atom stereocenters. The molecule has 1 N–H and O–H groups in total. The minimum Gasteiger partial charge on any atom is -0.477 e. The van der Waals surface area contributed by atoms with Crippen LogP contribution < -0.4 is 10.1 Å². The van der Waals surface area contributed by atoms with E-state index in [1.165, 1.54) is 12.1 Å². The normalized spacial score (nSPS) is 10.2. The summed E-state index contributed by atoms with van der Waals surface area (Å²) in [4.78, 5) is 22.4. The van der Waals surface area contributed by atoms with E-state index < -0.39 is 4.92 Å². The maximum atomic E-state index is 12.0. The number of nitrogens with zero attached hydrogens (tertiary/aromatic N) is 1. The molecule has 2 aromatic carbocycles. The maximum absolute atomic E-state index is 12.0. The van der Waals surface area contributed by atoms with Gasteiger partial charge in [0.25, 0.3) is 5.91 Å². The summed E-state index contributed by atoms with van der Waals surface area (Å²) >= 11 is 2.23. The molecule has 7 heteroatoms. The van der Waals surface area contributed by atoms with E-state index in [2.05, 4.69) is 27.9 Å². The minimum absolute atomic E-state index is 0.0724. The Morgan fingerprint density at radius 1 is 1.26 bits per heavy atom. The molecule has 2 aromatic rings. The quantitative estimate of drug-likeness (QED) is 0.448. The number of benzene rings is 2. The topological polar surface area (TPSA) is 81.5 Å². The summed E-state index contributed by atoms with van der Waals surface area (Å²) in [5.41, 5.74) is 2.55. The summed E-state index contributed by atoms with van der Waals surface area (Å²) in [6.45, 7) is 3.57. The molecule has 2 rings (SSSR count). The first kappa shape index (κ1) is 17.2. The first-order valence-electron chi connectivity index (χ1n) is 6.81. The summed E-state index contributed by atoms with van der Waals surface area (Å²) in [5, 5.41) is 13.7. The number of halogens is 1. The van der Waals surface area contributed by atoms with Crippen molar-refractivity contribution >= 4 is 39.9 Å². The number of hydrogen-bond acceptors (Lipinski definition) is 4. The van der Waals surface area contributed by atoms with Gasteiger partial charge in [0.2, 0.25) is 0 Å². The molecule has 120 valence electrons. The second-order valence-corrected chi connectivity index (χ2v) is 6.14. The fraction of sp³-hybridized carbons (Fsp3) is 0.188. The van der Waals surface area contributed by atoms with E-state index in [1.807, 2.05) is 26.0 Å². The van der Waals surface area contributed by atoms with Crippen molar-refractivity contribution in [2.45, 2.75) is 13.8 Å². The predicted molar refractivity (Wildman–Crippen MR) is 95.9 cm³/mol. The van der Waals surface area contributed by atoms with Crippen molar-refractivity contribution in [3.8, 4) is 5.75 Å². The molecule has 0 aromatic heterocycles. The van der Waals surface area contributed by atoms with Gasteiger partial charge in [-0.25, -0.2) is 0 Å². The molecule has 1 amide bonds. The lowest BCUT2D eigenvalue weighted by Gasteiger charge is -2.11. The molecule has 6 nitrogen and oxygen atoms in total. The zero-order valence-corrected chi connectivity index (χ0v) is 14.8. The highest BCUT2D eigenvalue weighted by Crippen LogP contribution is 2.26. The van der Waals surface area contributed by atoms with Crippen molar-refractivity contribution in [3.63, 3.8) is 0 Å². The van der Waals surface area contributed by atoms with Crippen LogP contribution >= 0.6 is 22.6 Å². The molecule has 0 saturated heterocycles. The Balaban J connectivity index is 2.04. The number of hydrogen-bond donors (Lipinski definition) is 1. The zero-order chi connectivity index (χ0) is 17.0. The third-order valence-electron chi connectivity index (χ3n) is 3.20. The van der Waals surface area contributed by atoms with Crippen molar-refractivity contribution in [1.82, 2.24) is 0 Å². The second kappa shape index (κ2) is 7.40. The van der Waals surface area contributed by atoms with E-state index in [0.29, 0.717) is 5.69 Å². The fourth-order valence-corrected chi connectivity index (χ4v) is 2.60. The lowest BCUT2D eigenvalue weighted by molar-refractivity contribution is -0.385. The Labute approximate surface area is 147 Å². The van der Waals surface area contributed by atoms with Gasteiger partial charge in [-0.1, -0.05) is 12.1 Å². The monoisotopic (exact) mass is 426 g/mol. The highest BCUT2D eigenvalue weighted by Gasteiger charge is 2.15. The molecule has 0 aliphatic carbocycles. The van der Waals surface area contributed by atoms with Crippen LogP contribution in [0.2, 0.25) is 0 Å². The first-order valence-corrected chi connectivity index (χ1v) is 7.89. The minimum atomic E-state index is -0.542. The molecule has 0 fully saturated rings. The number of carbonyl (C=O) groups is 1. The lowest BCUT2D eigenvalue weighted by atomic mass is 10.1. The van der Waals surface area contributed by atoms with Gasteiger partial charge in [0.1, 0.15) is 0 Å². The number of ether oxygens (including phenoxy) is 1. The van der Waals surface area contributed by atoms with Crippen LogP contribution in [0.5, 0.6) is 5.75 Å². The van der Waals surface area contributed by atoms with Crippen molar-refractivity contribution in [2.75, 3.05) is 11.9 Å². The number of amides is 1. The average molecular weight is 426 g/mol. The third-order valence-corrected chi connectivity index (χ3v) is 4.36. The molecule has 0 aliphatic rings. The summed E-state index contributed by atoms with van der Waals surface area (Å²) in [6, 6.07) is 9.83. The van der Waals surface area contributed by atoms with E-state index in [0.717, 1.165) is 14.7 Å². The Morgan fingerprint density at radius 2 is 1.96 bits per heavy atom. The lowest BCUT2D eigenvalue weighted by Crippen LogP contribution is -2.21. The highest BCUT2D eigenvalue weighted by atomic mass is 127. The number of aryl methyl sites for hydroxylation is 2. The van der Waals surface area contributed by atoms with Gasteiger partial charge in [-0.05, 0) is 65.8 Å². The predicted octanol–water partition coefficient (Wildman–Crippen LogP) is 3.83. The molecule has 23 heavy (non-hydrogen) atoms. The van der Waals surface area contributed by atoms with E-state index >= 15 is 0 Å². The standard InChI is InChI=1S/C16H15IN2O4/c1-10-8-13(11(2)7-12(10)17)18-16(20)9-23-15-6-4-3-5-14(15)19(21)22/h3-8H,9H2,1-2H3,(H,18,20). The van der Waals surface area contributed by atoms with Gasteiger partial charge in [-0.3, -0.25) is 14.9 Å². The number of para-hydroxylation sites is 2. The van der Waals surface area contributed by atoms with Gasteiger partial charge >= 0.3 is 5.69 Å². The molecule has 0 saturated carbocycles. The second-order valence-electron chi connectivity index (χ2n) is 4.98. The van der Waals surface area contributed by atoms with Crippen molar-refractivity contribution in [2.24, 2.45) is 0 Å². The largest absolute Gasteiger partial charge is 0.477 e. The van der Waals surface area contributed by atoms with Gasteiger partial charge < -0.3 is 10.1 Å². The summed E-state index contributed by atoms with van der Waals surface area (Å²) < 4.78 is 6.39. The van der Waals surface area contributed by atoms with Gasteiger partial charge in [0, 0.05) is 15.3 Å². The Kier molecular flexibility index (Phi) is 5.54.